The zero-order valence-electron chi connectivity index (χ0n) is 29.4. The van der Waals surface area contributed by atoms with Crippen molar-refractivity contribution in [2.75, 3.05) is 0 Å². The number of rotatable bonds is 4. The van der Waals surface area contributed by atoms with Crippen LogP contribution in [-0.4, -0.2) is 24.1 Å². The van der Waals surface area contributed by atoms with Crippen LogP contribution in [0.25, 0.3) is 109 Å². The van der Waals surface area contributed by atoms with E-state index in [4.69, 9.17) is 15.0 Å². The first kappa shape index (κ1) is 30.3. The standard InChI is InChI=1S/C49H29N5S/c1-2-14-30(15-3-1)47-50-48(52-49(51-47)54-41-23-11-6-18-33(41)34-19-7-12-24-42(34)54)39-29-46-38(36-21-9-13-25-45(36)55-46)28-44(39)53-40-22-10-8-20-35(40)37-26-31-16-4-5-17-32(31)27-43(37)53/h1-29H. The predicted molar refractivity (Wildman–Crippen MR) is 230 cm³/mol. The van der Waals surface area contributed by atoms with E-state index in [1.807, 2.05) is 18.2 Å². The van der Waals surface area contributed by atoms with E-state index >= 15 is 0 Å². The van der Waals surface area contributed by atoms with Crippen molar-refractivity contribution in [3.05, 3.63) is 176 Å². The summed E-state index contributed by atoms with van der Waals surface area (Å²) in [7, 11) is 0. The molecule has 0 aliphatic heterocycles. The van der Waals surface area contributed by atoms with Crippen molar-refractivity contribution in [2.45, 2.75) is 0 Å². The SMILES string of the molecule is c1ccc(-c2nc(-c3cc4sc5ccccc5c4cc3-n3c4ccccc4c4cc5ccccc5cc43)nc(-n3c4ccccc4c4ccccc43)n2)cc1. The summed E-state index contributed by atoms with van der Waals surface area (Å²) in [4.78, 5) is 16.0. The third-order valence-corrected chi connectivity index (χ3v) is 12.1. The average molecular weight is 720 g/mol. The van der Waals surface area contributed by atoms with Crippen LogP contribution in [-0.2, 0) is 0 Å². The molecule has 0 spiro atoms. The molecule has 0 radical (unpaired) electrons. The molecule has 0 bridgehead atoms. The summed E-state index contributed by atoms with van der Waals surface area (Å²) in [6.07, 6.45) is 0. The van der Waals surface area contributed by atoms with E-state index in [-0.39, 0.29) is 0 Å². The van der Waals surface area contributed by atoms with Gasteiger partial charge in [-0.3, -0.25) is 4.57 Å². The van der Waals surface area contributed by atoms with Gasteiger partial charge in [0, 0.05) is 52.8 Å². The summed E-state index contributed by atoms with van der Waals surface area (Å²) in [5.41, 5.74) is 7.27. The molecular weight excluding hydrogens is 691 g/mol. The summed E-state index contributed by atoms with van der Waals surface area (Å²) >= 11 is 1.81. The Morgan fingerprint density at radius 3 is 1.65 bits per heavy atom. The van der Waals surface area contributed by atoms with Gasteiger partial charge in [0.1, 0.15) is 0 Å². The highest BCUT2D eigenvalue weighted by atomic mass is 32.1. The lowest BCUT2D eigenvalue weighted by Crippen LogP contribution is -2.07. The molecule has 0 aliphatic carbocycles. The number of nitrogens with zero attached hydrogens (tertiary/aromatic N) is 5. The summed E-state index contributed by atoms with van der Waals surface area (Å²) in [6.45, 7) is 0. The molecule has 12 aromatic rings. The van der Waals surface area contributed by atoms with Gasteiger partial charge in [-0.05, 0) is 59.3 Å². The fraction of sp³-hybridized carbons (Fsp3) is 0. The molecule has 55 heavy (non-hydrogen) atoms. The van der Waals surface area contributed by atoms with Gasteiger partial charge in [-0.15, -0.1) is 11.3 Å². The largest absolute Gasteiger partial charge is 0.308 e. The van der Waals surface area contributed by atoms with Gasteiger partial charge in [-0.2, -0.15) is 9.97 Å². The number of aromatic nitrogens is 5. The molecule has 0 N–H and O–H groups in total. The van der Waals surface area contributed by atoms with Crippen molar-refractivity contribution in [3.8, 4) is 34.4 Å². The summed E-state index contributed by atoms with van der Waals surface area (Å²) in [5.74, 6) is 1.82. The van der Waals surface area contributed by atoms with Gasteiger partial charge in [0.05, 0.1) is 27.8 Å². The molecule has 0 fully saturated rings. The van der Waals surface area contributed by atoms with Crippen molar-refractivity contribution in [2.24, 2.45) is 0 Å². The smallest absolute Gasteiger partial charge is 0.238 e. The molecule has 4 aromatic heterocycles. The number of thiophene rings is 1. The third kappa shape index (κ3) is 4.55. The van der Waals surface area contributed by atoms with Crippen LogP contribution in [0.1, 0.15) is 0 Å². The minimum Gasteiger partial charge on any atom is -0.308 e. The van der Waals surface area contributed by atoms with Gasteiger partial charge in [0.15, 0.2) is 11.6 Å². The van der Waals surface area contributed by atoms with E-state index in [0.29, 0.717) is 17.6 Å². The van der Waals surface area contributed by atoms with Crippen molar-refractivity contribution in [1.29, 1.82) is 0 Å². The summed E-state index contributed by atoms with van der Waals surface area (Å²) in [5, 5.41) is 9.61. The molecule has 0 saturated carbocycles. The third-order valence-electron chi connectivity index (χ3n) is 11.0. The van der Waals surface area contributed by atoms with E-state index < -0.39 is 0 Å². The Hall–Kier alpha value is -7.15. The van der Waals surface area contributed by atoms with Gasteiger partial charge >= 0.3 is 0 Å². The van der Waals surface area contributed by atoms with E-state index in [0.717, 1.165) is 49.7 Å². The first-order chi connectivity index (χ1) is 27.3. The molecule has 0 aliphatic rings. The second kappa shape index (κ2) is 11.7. The summed E-state index contributed by atoms with van der Waals surface area (Å²) < 4.78 is 7.04. The number of benzene rings is 8. The second-order valence-electron chi connectivity index (χ2n) is 14.1. The Labute approximate surface area is 319 Å². The van der Waals surface area contributed by atoms with Crippen LogP contribution >= 0.6 is 11.3 Å². The molecule has 5 nitrogen and oxygen atoms in total. The Bertz CT molecular complexity index is 3450. The molecule has 8 aromatic carbocycles. The van der Waals surface area contributed by atoms with Crippen molar-refractivity contribution in [3.63, 3.8) is 0 Å². The second-order valence-corrected chi connectivity index (χ2v) is 15.1. The Morgan fingerprint density at radius 2 is 0.927 bits per heavy atom. The minimum absolute atomic E-state index is 0.580. The van der Waals surface area contributed by atoms with Crippen LogP contribution in [0.3, 0.4) is 0 Å². The predicted octanol–water partition coefficient (Wildman–Crippen LogP) is 12.9. The molecule has 0 atom stereocenters. The van der Waals surface area contributed by atoms with Crippen LogP contribution in [0.15, 0.2) is 176 Å². The molecule has 256 valence electrons. The van der Waals surface area contributed by atoms with E-state index in [2.05, 4.69) is 167 Å². The average Bonchev–Trinajstić information content (AvgIpc) is 3.89. The van der Waals surface area contributed by atoms with Crippen molar-refractivity contribution < 1.29 is 0 Å². The maximum atomic E-state index is 5.45. The number of para-hydroxylation sites is 3. The Balaban J connectivity index is 1.23. The van der Waals surface area contributed by atoms with Gasteiger partial charge in [-0.1, -0.05) is 127 Å². The lowest BCUT2D eigenvalue weighted by atomic mass is 10.1. The fourth-order valence-corrected chi connectivity index (χ4v) is 9.61. The van der Waals surface area contributed by atoms with Gasteiger partial charge in [-0.25, -0.2) is 4.98 Å². The molecule has 0 amide bonds. The molecular formula is C49H29N5S. The molecule has 0 unspecified atom stereocenters. The van der Waals surface area contributed by atoms with Crippen LogP contribution in [0, 0.1) is 0 Å². The highest BCUT2D eigenvalue weighted by Gasteiger charge is 2.23. The Kier molecular flexibility index (Phi) is 6.44. The van der Waals surface area contributed by atoms with E-state index in [1.54, 1.807) is 11.3 Å². The van der Waals surface area contributed by atoms with Crippen LogP contribution in [0.4, 0.5) is 0 Å². The van der Waals surface area contributed by atoms with Gasteiger partial charge in [0.2, 0.25) is 5.95 Å². The highest BCUT2D eigenvalue weighted by molar-refractivity contribution is 7.25. The Morgan fingerprint density at radius 1 is 0.364 bits per heavy atom. The zero-order valence-corrected chi connectivity index (χ0v) is 30.2. The molecule has 6 heteroatoms. The monoisotopic (exact) mass is 719 g/mol. The van der Waals surface area contributed by atoms with Gasteiger partial charge < -0.3 is 4.57 Å². The topological polar surface area (TPSA) is 48.5 Å². The maximum absolute atomic E-state index is 5.45. The van der Waals surface area contributed by atoms with Crippen molar-refractivity contribution >= 4 is 85.9 Å². The van der Waals surface area contributed by atoms with E-state index in [9.17, 15) is 0 Å². The molecule has 4 heterocycles. The lowest BCUT2D eigenvalue weighted by Gasteiger charge is -2.16. The van der Waals surface area contributed by atoms with Gasteiger partial charge in [0.25, 0.3) is 0 Å². The van der Waals surface area contributed by atoms with Crippen LogP contribution in [0.2, 0.25) is 0 Å². The molecule has 12 rings (SSSR count). The number of fused-ring (bicyclic) bond motifs is 10. The normalized spacial score (nSPS) is 12.0. The van der Waals surface area contributed by atoms with Crippen LogP contribution < -0.4 is 0 Å². The van der Waals surface area contributed by atoms with Crippen LogP contribution in [0.5, 0.6) is 0 Å². The molecule has 0 saturated heterocycles. The first-order valence-corrected chi connectivity index (χ1v) is 19.3. The fourth-order valence-electron chi connectivity index (χ4n) is 8.48. The highest BCUT2D eigenvalue weighted by Crippen LogP contribution is 2.43. The summed E-state index contributed by atoms with van der Waals surface area (Å²) in [6, 6.07) is 62.6. The number of hydrogen-bond acceptors (Lipinski definition) is 4. The maximum Gasteiger partial charge on any atom is 0.238 e. The number of hydrogen-bond donors (Lipinski definition) is 0. The van der Waals surface area contributed by atoms with Crippen molar-refractivity contribution in [1.82, 2.24) is 24.1 Å². The minimum atomic E-state index is 0.580. The zero-order chi connectivity index (χ0) is 36.0. The quantitative estimate of drug-likeness (QED) is 0.182. The van der Waals surface area contributed by atoms with E-state index in [1.165, 1.54) is 41.7 Å². The first-order valence-electron chi connectivity index (χ1n) is 18.4. The lowest BCUT2D eigenvalue weighted by molar-refractivity contribution is 0.952.